The van der Waals surface area contributed by atoms with Crippen LogP contribution >= 0.6 is 0 Å². The number of nitrogen functional groups attached to an aromatic ring is 1. The minimum atomic E-state index is -0.149. The van der Waals surface area contributed by atoms with Crippen LogP contribution in [-0.4, -0.2) is 31.8 Å². The normalized spacial score (nSPS) is 21.6. The van der Waals surface area contributed by atoms with Gasteiger partial charge in [-0.1, -0.05) is 6.07 Å². The van der Waals surface area contributed by atoms with Gasteiger partial charge in [-0.15, -0.1) is 0 Å². The van der Waals surface area contributed by atoms with Crippen molar-refractivity contribution in [3.05, 3.63) is 23.8 Å². The number of rotatable bonds is 5. The molecule has 0 aliphatic heterocycles. The number of methoxy groups -OCH3 is 1. The number of nitrogens with one attached hydrogen (secondary N) is 1. The maximum Gasteiger partial charge on any atom is 0.255 e. The second kappa shape index (κ2) is 5.93. The molecule has 0 unspecified atom stereocenters. The molecular formula is C14H20N2O3. The summed E-state index contributed by atoms with van der Waals surface area (Å²) in [6, 6.07) is 5.35. The Kier molecular flexibility index (Phi) is 4.27. The Labute approximate surface area is 113 Å². The molecule has 0 aromatic heterocycles. The van der Waals surface area contributed by atoms with Crippen molar-refractivity contribution in [2.24, 2.45) is 0 Å². The fourth-order valence-electron chi connectivity index (χ4n) is 2.28. The van der Waals surface area contributed by atoms with Crippen LogP contribution in [0.5, 0.6) is 5.75 Å². The molecule has 1 aliphatic rings. The van der Waals surface area contributed by atoms with Crippen LogP contribution < -0.4 is 15.8 Å². The van der Waals surface area contributed by atoms with Crippen molar-refractivity contribution in [1.29, 1.82) is 0 Å². The molecule has 1 saturated carbocycles. The maximum absolute atomic E-state index is 12.2. The fraction of sp³-hybridized carbons (Fsp3) is 0.500. The highest BCUT2D eigenvalue weighted by Gasteiger charge is 2.31. The average molecular weight is 264 g/mol. The molecule has 0 bridgehead atoms. The predicted octanol–water partition coefficient (Wildman–Crippen LogP) is 1.57. The van der Waals surface area contributed by atoms with E-state index >= 15 is 0 Å². The number of nitrogens with two attached hydrogens (primary N) is 1. The smallest absolute Gasteiger partial charge is 0.255 e. The molecule has 1 aliphatic carbocycles. The van der Waals surface area contributed by atoms with Crippen molar-refractivity contribution in [3.63, 3.8) is 0 Å². The molecule has 2 rings (SSSR count). The zero-order chi connectivity index (χ0) is 13.8. The molecule has 5 nitrogen and oxygen atoms in total. The Balaban J connectivity index is 1.96. The summed E-state index contributed by atoms with van der Waals surface area (Å²) in [5.41, 5.74) is 6.73. The van der Waals surface area contributed by atoms with Crippen LogP contribution in [0.3, 0.4) is 0 Å². The number of anilines is 1. The van der Waals surface area contributed by atoms with Crippen LogP contribution in [0.2, 0.25) is 0 Å². The van der Waals surface area contributed by atoms with Gasteiger partial charge in [-0.05, 0) is 31.9 Å². The van der Waals surface area contributed by atoms with Gasteiger partial charge in [0.2, 0.25) is 0 Å². The van der Waals surface area contributed by atoms with E-state index in [2.05, 4.69) is 5.32 Å². The summed E-state index contributed by atoms with van der Waals surface area (Å²) in [5, 5.41) is 2.97. The van der Waals surface area contributed by atoms with Gasteiger partial charge < -0.3 is 20.5 Å². The summed E-state index contributed by atoms with van der Waals surface area (Å²) in [6.07, 6.45) is 2.01. The Morgan fingerprint density at radius 3 is 2.84 bits per heavy atom. The molecule has 0 radical (unpaired) electrons. The van der Waals surface area contributed by atoms with E-state index in [9.17, 15) is 4.79 Å². The highest BCUT2D eigenvalue weighted by Crippen LogP contribution is 2.28. The summed E-state index contributed by atoms with van der Waals surface area (Å²) in [6.45, 7) is 2.69. The number of hydrogen-bond acceptors (Lipinski definition) is 4. The van der Waals surface area contributed by atoms with Gasteiger partial charge in [0.15, 0.2) is 5.75 Å². The molecular weight excluding hydrogens is 244 g/mol. The average Bonchev–Trinajstić information content (AvgIpc) is 2.35. The number of hydrogen-bond donors (Lipinski definition) is 2. The molecule has 0 atom stereocenters. The Morgan fingerprint density at radius 2 is 2.21 bits per heavy atom. The van der Waals surface area contributed by atoms with Crippen molar-refractivity contribution in [1.82, 2.24) is 5.32 Å². The third-order valence-electron chi connectivity index (χ3n) is 3.33. The van der Waals surface area contributed by atoms with Crippen molar-refractivity contribution in [3.8, 4) is 5.75 Å². The molecule has 0 heterocycles. The molecule has 0 spiro atoms. The van der Waals surface area contributed by atoms with E-state index in [1.807, 2.05) is 6.92 Å². The van der Waals surface area contributed by atoms with Crippen molar-refractivity contribution in [2.75, 3.05) is 19.5 Å². The van der Waals surface area contributed by atoms with E-state index in [4.69, 9.17) is 15.2 Å². The lowest BCUT2D eigenvalue weighted by atomic mass is 9.89. The van der Waals surface area contributed by atoms with Gasteiger partial charge in [-0.3, -0.25) is 4.79 Å². The maximum atomic E-state index is 12.2. The van der Waals surface area contributed by atoms with Gasteiger partial charge in [0.1, 0.15) is 0 Å². The predicted molar refractivity (Wildman–Crippen MR) is 73.3 cm³/mol. The summed E-state index contributed by atoms with van der Waals surface area (Å²) >= 11 is 0. The molecule has 0 saturated heterocycles. The van der Waals surface area contributed by atoms with Gasteiger partial charge in [-0.2, -0.15) is 0 Å². The van der Waals surface area contributed by atoms with Crippen LogP contribution in [-0.2, 0) is 4.74 Å². The summed E-state index contributed by atoms with van der Waals surface area (Å²) < 4.78 is 10.6. The van der Waals surface area contributed by atoms with Gasteiger partial charge in [0.25, 0.3) is 5.91 Å². The monoisotopic (exact) mass is 264 g/mol. The zero-order valence-corrected chi connectivity index (χ0v) is 11.3. The van der Waals surface area contributed by atoms with Crippen molar-refractivity contribution < 1.29 is 14.3 Å². The molecule has 3 N–H and O–H groups in total. The van der Waals surface area contributed by atoms with E-state index in [1.165, 1.54) is 7.11 Å². The van der Waals surface area contributed by atoms with Crippen molar-refractivity contribution in [2.45, 2.75) is 31.9 Å². The topological polar surface area (TPSA) is 73.6 Å². The van der Waals surface area contributed by atoms with Gasteiger partial charge >= 0.3 is 0 Å². The summed E-state index contributed by atoms with van der Waals surface area (Å²) in [4.78, 5) is 12.2. The highest BCUT2D eigenvalue weighted by molar-refractivity contribution is 5.98. The lowest BCUT2D eigenvalue weighted by Crippen LogP contribution is -2.47. The van der Waals surface area contributed by atoms with Crippen LogP contribution in [0, 0.1) is 0 Å². The first-order chi connectivity index (χ1) is 9.15. The zero-order valence-electron chi connectivity index (χ0n) is 11.3. The van der Waals surface area contributed by atoms with Crippen LogP contribution in [0.25, 0.3) is 0 Å². The number of amides is 1. The first-order valence-corrected chi connectivity index (χ1v) is 6.50. The Bertz CT molecular complexity index is 456. The van der Waals surface area contributed by atoms with Crippen LogP contribution in [0.4, 0.5) is 5.69 Å². The van der Waals surface area contributed by atoms with E-state index in [1.54, 1.807) is 18.2 Å². The number of para-hydroxylation sites is 1. The van der Waals surface area contributed by atoms with E-state index in [0.717, 1.165) is 12.8 Å². The van der Waals surface area contributed by atoms with Gasteiger partial charge in [-0.25, -0.2) is 0 Å². The molecule has 104 valence electrons. The summed E-state index contributed by atoms with van der Waals surface area (Å²) in [7, 11) is 1.51. The minimum absolute atomic E-state index is 0.149. The third-order valence-corrected chi connectivity index (χ3v) is 3.33. The number of benzene rings is 1. The molecule has 1 fully saturated rings. The second-order valence-electron chi connectivity index (χ2n) is 4.65. The largest absolute Gasteiger partial charge is 0.494 e. The molecule has 5 heteroatoms. The lowest BCUT2D eigenvalue weighted by molar-refractivity contribution is -0.00864. The molecule has 19 heavy (non-hydrogen) atoms. The Morgan fingerprint density at radius 1 is 1.47 bits per heavy atom. The van der Waals surface area contributed by atoms with Crippen LogP contribution in [0.1, 0.15) is 30.1 Å². The fourth-order valence-corrected chi connectivity index (χ4v) is 2.28. The van der Waals surface area contributed by atoms with E-state index in [0.29, 0.717) is 23.6 Å². The highest BCUT2D eigenvalue weighted by atomic mass is 16.5. The van der Waals surface area contributed by atoms with E-state index in [-0.39, 0.29) is 18.1 Å². The van der Waals surface area contributed by atoms with Gasteiger partial charge in [0, 0.05) is 12.6 Å². The third kappa shape index (κ3) is 2.98. The number of ether oxygens (including phenoxy) is 2. The standard InChI is InChI=1S/C14H20N2O3/c1-3-19-10-7-9(8-10)16-14(17)11-5-4-6-12(15)13(11)18-2/h4-6,9-10H,3,7-8,15H2,1-2H3,(H,16,17). The molecule has 1 aromatic carbocycles. The van der Waals surface area contributed by atoms with E-state index < -0.39 is 0 Å². The summed E-state index contributed by atoms with van der Waals surface area (Å²) in [5.74, 6) is 0.282. The van der Waals surface area contributed by atoms with Crippen LogP contribution in [0.15, 0.2) is 18.2 Å². The number of carbonyl (C=O) groups is 1. The molecule has 1 aromatic rings. The number of carbonyl (C=O) groups excluding carboxylic acids is 1. The lowest BCUT2D eigenvalue weighted by Gasteiger charge is -2.35. The first-order valence-electron chi connectivity index (χ1n) is 6.50. The quantitative estimate of drug-likeness (QED) is 0.792. The van der Waals surface area contributed by atoms with Gasteiger partial charge in [0.05, 0.1) is 24.5 Å². The minimum Gasteiger partial charge on any atom is -0.494 e. The molecule has 1 amide bonds. The first kappa shape index (κ1) is 13.7. The Hall–Kier alpha value is -1.75. The van der Waals surface area contributed by atoms with Crippen molar-refractivity contribution >= 4 is 11.6 Å². The SMILES string of the molecule is CCOC1CC(NC(=O)c2cccc(N)c2OC)C1. The second-order valence-corrected chi connectivity index (χ2v) is 4.65.